The van der Waals surface area contributed by atoms with Gasteiger partial charge >= 0.3 is 0 Å². The van der Waals surface area contributed by atoms with Crippen LogP contribution in [0.3, 0.4) is 0 Å². The summed E-state index contributed by atoms with van der Waals surface area (Å²) in [5.74, 6) is 1.00. The average molecular weight is 261 g/mol. The van der Waals surface area contributed by atoms with Gasteiger partial charge in [0.25, 0.3) is 0 Å². The van der Waals surface area contributed by atoms with Gasteiger partial charge in [0.15, 0.2) is 0 Å². The fourth-order valence-electron chi connectivity index (χ4n) is 2.84. The smallest absolute Gasteiger partial charge is 0.142 e. The van der Waals surface area contributed by atoms with Gasteiger partial charge in [0.05, 0.1) is 12.3 Å². The second-order valence-electron chi connectivity index (χ2n) is 5.62. The van der Waals surface area contributed by atoms with Crippen molar-refractivity contribution in [1.29, 1.82) is 0 Å². The van der Waals surface area contributed by atoms with Crippen molar-refractivity contribution in [1.82, 2.24) is 0 Å². The highest BCUT2D eigenvalue weighted by molar-refractivity contribution is 5.58. The first-order chi connectivity index (χ1) is 9.29. The van der Waals surface area contributed by atoms with Crippen LogP contribution >= 0.6 is 0 Å². The van der Waals surface area contributed by atoms with E-state index in [-0.39, 0.29) is 0 Å². The third-order valence-electron chi connectivity index (χ3n) is 3.90. The summed E-state index contributed by atoms with van der Waals surface area (Å²) in [6, 6.07) is 7.07. The number of ether oxygens (including phenoxy) is 1. The third-order valence-corrected chi connectivity index (χ3v) is 3.90. The summed E-state index contributed by atoms with van der Waals surface area (Å²) in [6.45, 7) is 4.88. The summed E-state index contributed by atoms with van der Waals surface area (Å²) in [6.07, 6.45) is 9.50. The molecule has 0 aromatic heterocycles. The Hall–Kier alpha value is -1.18. The van der Waals surface area contributed by atoms with Crippen molar-refractivity contribution >= 4 is 5.69 Å². The summed E-state index contributed by atoms with van der Waals surface area (Å²) in [5, 5.41) is 3.70. The summed E-state index contributed by atoms with van der Waals surface area (Å²) >= 11 is 0. The highest BCUT2D eigenvalue weighted by atomic mass is 16.5. The number of aryl methyl sites for hydroxylation is 1. The molecule has 0 atom stereocenters. The SMILES string of the molecule is CCOc1cc(C)ccc1NC1CCCCCCC1. The molecule has 0 aliphatic heterocycles. The second kappa shape index (κ2) is 7.42. The number of hydrogen-bond donors (Lipinski definition) is 1. The molecule has 1 aliphatic carbocycles. The van der Waals surface area contributed by atoms with E-state index in [2.05, 4.69) is 30.4 Å². The highest BCUT2D eigenvalue weighted by Crippen LogP contribution is 2.29. The van der Waals surface area contributed by atoms with Crippen LogP contribution in [-0.2, 0) is 0 Å². The number of rotatable bonds is 4. The number of anilines is 1. The molecule has 106 valence electrons. The van der Waals surface area contributed by atoms with Gasteiger partial charge in [0.1, 0.15) is 5.75 Å². The Balaban J connectivity index is 2.03. The Morgan fingerprint density at radius 2 is 1.79 bits per heavy atom. The van der Waals surface area contributed by atoms with Crippen LogP contribution in [0.5, 0.6) is 5.75 Å². The van der Waals surface area contributed by atoms with E-state index < -0.39 is 0 Å². The fourth-order valence-corrected chi connectivity index (χ4v) is 2.84. The van der Waals surface area contributed by atoms with Crippen molar-refractivity contribution in [3.63, 3.8) is 0 Å². The zero-order valence-corrected chi connectivity index (χ0v) is 12.4. The molecule has 2 heteroatoms. The molecular formula is C17H27NO. The lowest BCUT2D eigenvalue weighted by molar-refractivity contribution is 0.340. The van der Waals surface area contributed by atoms with Gasteiger partial charge < -0.3 is 10.1 Å². The van der Waals surface area contributed by atoms with E-state index in [1.807, 2.05) is 6.92 Å². The molecule has 2 rings (SSSR count). The summed E-state index contributed by atoms with van der Waals surface area (Å²) in [7, 11) is 0. The van der Waals surface area contributed by atoms with Gasteiger partial charge in [-0.25, -0.2) is 0 Å². The molecule has 0 saturated heterocycles. The number of benzene rings is 1. The zero-order chi connectivity index (χ0) is 13.5. The lowest BCUT2D eigenvalue weighted by Gasteiger charge is -2.23. The molecule has 0 spiro atoms. The molecule has 1 N–H and O–H groups in total. The predicted octanol–water partition coefficient (Wildman–Crippen LogP) is 4.92. The molecule has 1 aromatic carbocycles. The van der Waals surface area contributed by atoms with Gasteiger partial charge in [0.2, 0.25) is 0 Å². The normalized spacial score (nSPS) is 17.6. The monoisotopic (exact) mass is 261 g/mol. The van der Waals surface area contributed by atoms with Gasteiger partial charge in [0, 0.05) is 6.04 Å². The standard InChI is InChI=1S/C17H27NO/c1-3-19-17-13-14(2)11-12-16(17)18-15-9-7-5-4-6-8-10-15/h11-13,15,18H,3-10H2,1-2H3. The minimum Gasteiger partial charge on any atom is -0.492 e. The first-order valence-corrected chi connectivity index (χ1v) is 7.79. The Morgan fingerprint density at radius 1 is 1.11 bits per heavy atom. The van der Waals surface area contributed by atoms with Crippen LogP contribution in [0.25, 0.3) is 0 Å². The largest absolute Gasteiger partial charge is 0.492 e. The molecule has 0 amide bonds. The lowest BCUT2D eigenvalue weighted by atomic mass is 9.96. The fraction of sp³-hybridized carbons (Fsp3) is 0.647. The Bertz CT molecular complexity index is 381. The third kappa shape index (κ3) is 4.45. The Kier molecular flexibility index (Phi) is 5.56. The number of hydrogen-bond acceptors (Lipinski definition) is 2. The van der Waals surface area contributed by atoms with Gasteiger partial charge in [-0.2, -0.15) is 0 Å². The quantitative estimate of drug-likeness (QED) is 0.830. The molecule has 0 heterocycles. The van der Waals surface area contributed by atoms with Crippen molar-refractivity contribution in [2.75, 3.05) is 11.9 Å². The molecule has 0 bridgehead atoms. The predicted molar refractivity (Wildman–Crippen MR) is 82.1 cm³/mol. The molecule has 0 unspecified atom stereocenters. The van der Waals surface area contributed by atoms with E-state index in [1.54, 1.807) is 0 Å². The first-order valence-electron chi connectivity index (χ1n) is 7.79. The molecule has 0 radical (unpaired) electrons. The maximum atomic E-state index is 5.75. The van der Waals surface area contributed by atoms with Crippen LogP contribution in [0.2, 0.25) is 0 Å². The maximum absolute atomic E-state index is 5.75. The zero-order valence-electron chi connectivity index (χ0n) is 12.4. The number of nitrogens with one attached hydrogen (secondary N) is 1. The van der Waals surface area contributed by atoms with Gasteiger partial charge in [-0.05, 0) is 44.4 Å². The van der Waals surface area contributed by atoms with Gasteiger partial charge in [-0.15, -0.1) is 0 Å². The minimum atomic E-state index is 0.613. The molecule has 1 saturated carbocycles. The van der Waals surface area contributed by atoms with Crippen molar-refractivity contribution in [3.05, 3.63) is 23.8 Å². The van der Waals surface area contributed by atoms with E-state index in [1.165, 1.54) is 50.5 Å². The highest BCUT2D eigenvalue weighted by Gasteiger charge is 2.13. The molecule has 1 aliphatic rings. The van der Waals surface area contributed by atoms with Crippen molar-refractivity contribution in [2.24, 2.45) is 0 Å². The van der Waals surface area contributed by atoms with E-state index in [4.69, 9.17) is 4.74 Å². The molecule has 1 fully saturated rings. The summed E-state index contributed by atoms with van der Waals surface area (Å²) < 4.78 is 5.75. The van der Waals surface area contributed by atoms with Gasteiger partial charge in [-0.1, -0.05) is 38.2 Å². The van der Waals surface area contributed by atoms with Crippen LogP contribution in [0.4, 0.5) is 5.69 Å². The van der Waals surface area contributed by atoms with Crippen molar-refractivity contribution < 1.29 is 4.74 Å². The van der Waals surface area contributed by atoms with Crippen LogP contribution < -0.4 is 10.1 Å². The van der Waals surface area contributed by atoms with E-state index in [0.717, 1.165) is 18.0 Å². The first kappa shape index (κ1) is 14.2. The molecule has 19 heavy (non-hydrogen) atoms. The van der Waals surface area contributed by atoms with Crippen LogP contribution in [-0.4, -0.2) is 12.6 Å². The average Bonchev–Trinajstić information content (AvgIpc) is 2.35. The maximum Gasteiger partial charge on any atom is 0.142 e. The van der Waals surface area contributed by atoms with E-state index in [9.17, 15) is 0 Å². The molecule has 2 nitrogen and oxygen atoms in total. The van der Waals surface area contributed by atoms with Crippen LogP contribution in [0.1, 0.15) is 57.4 Å². The molecular weight excluding hydrogens is 234 g/mol. The minimum absolute atomic E-state index is 0.613. The molecule has 1 aromatic rings. The topological polar surface area (TPSA) is 21.3 Å². The van der Waals surface area contributed by atoms with E-state index >= 15 is 0 Å². The Labute approximate surface area is 117 Å². The van der Waals surface area contributed by atoms with E-state index in [0.29, 0.717) is 6.04 Å². The van der Waals surface area contributed by atoms with Crippen LogP contribution in [0, 0.1) is 6.92 Å². The summed E-state index contributed by atoms with van der Waals surface area (Å²) in [5.41, 5.74) is 2.42. The van der Waals surface area contributed by atoms with Crippen molar-refractivity contribution in [2.45, 2.75) is 64.8 Å². The van der Waals surface area contributed by atoms with Gasteiger partial charge in [-0.3, -0.25) is 0 Å². The summed E-state index contributed by atoms with van der Waals surface area (Å²) in [4.78, 5) is 0. The Morgan fingerprint density at radius 3 is 2.47 bits per heavy atom. The van der Waals surface area contributed by atoms with Crippen LogP contribution in [0.15, 0.2) is 18.2 Å². The van der Waals surface area contributed by atoms with Crippen molar-refractivity contribution in [3.8, 4) is 5.75 Å². The lowest BCUT2D eigenvalue weighted by Crippen LogP contribution is -2.21. The second-order valence-corrected chi connectivity index (χ2v) is 5.62.